The van der Waals surface area contributed by atoms with Crippen LogP contribution in [0.15, 0.2) is 43.0 Å². The van der Waals surface area contributed by atoms with E-state index in [2.05, 4.69) is 30.9 Å². The number of aromatic amines is 2. The maximum Gasteiger partial charge on any atom is 0.326 e. The molecular weight excluding hydrogens is 538 g/mol. The second-order valence-corrected chi connectivity index (χ2v) is 10.4. The van der Waals surface area contributed by atoms with Crippen molar-refractivity contribution in [1.29, 1.82) is 0 Å². The first-order chi connectivity index (χ1) is 19.1. The van der Waals surface area contributed by atoms with Gasteiger partial charge in [-0.05, 0) is 37.0 Å². The number of aliphatic hydroxyl groups is 1. The number of carbonyl (C=O) groups excluding carboxylic acids is 3. The van der Waals surface area contributed by atoms with E-state index in [4.69, 9.17) is 5.73 Å². The molecule has 2 heterocycles. The van der Waals surface area contributed by atoms with Crippen LogP contribution in [0, 0.1) is 0 Å². The molecule has 0 fully saturated rings. The summed E-state index contributed by atoms with van der Waals surface area (Å²) in [4.78, 5) is 61.1. The molecule has 5 atom stereocenters. The molecule has 40 heavy (non-hydrogen) atoms. The van der Waals surface area contributed by atoms with Crippen LogP contribution in [0.2, 0.25) is 0 Å². The number of aliphatic hydroxyl groups excluding tert-OH is 1. The van der Waals surface area contributed by atoms with Crippen molar-refractivity contribution in [2.75, 3.05) is 12.0 Å². The zero-order valence-corrected chi connectivity index (χ0v) is 23.0. The number of thioether (sulfide) groups is 1. The number of benzene rings is 1. The quantitative estimate of drug-likeness (QED) is 0.119. The van der Waals surface area contributed by atoms with Gasteiger partial charge >= 0.3 is 5.97 Å². The largest absolute Gasteiger partial charge is 0.480 e. The molecular formula is C26H35N7O6S. The van der Waals surface area contributed by atoms with Crippen molar-refractivity contribution in [1.82, 2.24) is 30.9 Å². The minimum atomic E-state index is -1.29. The van der Waals surface area contributed by atoms with E-state index in [1.54, 1.807) is 6.20 Å². The van der Waals surface area contributed by atoms with Crippen LogP contribution in [0.4, 0.5) is 0 Å². The van der Waals surface area contributed by atoms with E-state index in [1.807, 2.05) is 30.5 Å². The highest BCUT2D eigenvalue weighted by Gasteiger charge is 2.31. The van der Waals surface area contributed by atoms with Crippen LogP contribution in [0.3, 0.4) is 0 Å². The summed E-state index contributed by atoms with van der Waals surface area (Å²) in [5.41, 5.74) is 7.82. The molecule has 9 N–H and O–H groups in total. The molecule has 0 bridgehead atoms. The van der Waals surface area contributed by atoms with Crippen molar-refractivity contribution in [2.24, 2.45) is 5.73 Å². The lowest BCUT2D eigenvalue weighted by Crippen LogP contribution is -2.58. The van der Waals surface area contributed by atoms with Gasteiger partial charge in [0.25, 0.3) is 0 Å². The van der Waals surface area contributed by atoms with E-state index in [9.17, 15) is 29.4 Å². The highest BCUT2D eigenvalue weighted by atomic mass is 32.2. The molecule has 0 radical (unpaired) electrons. The third-order valence-electron chi connectivity index (χ3n) is 6.39. The Balaban J connectivity index is 1.85. The first kappa shape index (κ1) is 30.7. The number of aromatic nitrogens is 3. The van der Waals surface area contributed by atoms with Crippen molar-refractivity contribution in [2.45, 2.75) is 56.5 Å². The van der Waals surface area contributed by atoms with Gasteiger partial charge in [0.15, 0.2) is 0 Å². The molecule has 2 aromatic heterocycles. The Labute approximate surface area is 235 Å². The van der Waals surface area contributed by atoms with Crippen LogP contribution in [0.5, 0.6) is 0 Å². The topological polar surface area (TPSA) is 215 Å². The fraction of sp³-hybridized carbons (Fsp3) is 0.423. The minimum Gasteiger partial charge on any atom is -0.480 e. The van der Waals surface area contributed by atoms with E-state index in [-0.39, 0.29) is 19.3 Å². The standard InChI is InChI=1S/C26H35N7O6S/c1-14(34)22(27)25(37)31-19(7-8-40-2)23(35)32-20(9-15-11-29-18-6-4-3-5-17(15)18)24(36)33-21(26(38)39)10-16-12-28-13-30-16/h3-6,11-14,19-22,29,34H,7-10,27H2,1-2H3,(H,28,30)(H,31,37)(H,32,35)(H,33,36)(H,38,39). The van der Waals surface area contributed by atoms with Crippen molar-refractivity contribution in [3.05, 3.63) is 54.2 Å². The number of rotatable bonds is 15. The highest BCUT2D eigenvalue weighted by molar-refractivity contribution is 7.98. The molecule has 3 amide bonds. The Hall–Kier alpha value is -3.88. The number of carboxylic acid groups (broad SMARTS) is 1. The molecule has 3 aromatic rings. The fourth-order valence-electron chi connectivity index (χ4n) is 4.08. The number of nitrogens with zero attached hydrogens (tertiary/aromatic N) is 1. The summed E-state index contributed by atoms with van der Waals surface area (Å²) < 4.78 is 0. The summed E-state index contributed by atoms with van der Waals surface area (Å²) in [7, 11) is 0. The number of carbonyl (C=O) groups is 4. The second-order valence-electron chi connectivity index (χ2n) is 9.41. The number of imidazole rings is 1. The van der Waals surface area contributed by atoms with E-state index in [1.165, 1.54) is 31.2 Å². The van der Waals surface area contributed by atoms with E-state index >= 15 is 0 Å². The summed E-state index contributed by atoms with van der Waals surface area (Å²) in [6, 6.07) is 2.71. The van der Waals surface area contributed by atoms with Crippen LogP contribution < -0.4 is 21.7 Å². The molecule has 3 rings (SSSR count). The maximum absolute atomic E-state index is 13.5. The van der Waals surface area contributed by atoms with Gasteiger partial charge in [-0.15, -0.1) is 0 Å². The van der Waals surface area contributed by atoms with Gasteiger partial charge in [0.1, 0.15) is 24.2 Å². The van der Waals surface area contributed by atoms with Crippen LogP contribution in [-0.2, 0) is 32.0 Å². The number of para-hydroxylation sites is 1. The number of aliphatic carboxylic acids is 1. The van der Waals surface area contributed by atoms with Crippen LogP contribution in [0.1, 0.15) is 24.6 Å². The third kappa shape index (κ3) is 8.31. The van der Waals surface area contributed by atoms with Crippen LogP contribution in [-0.4, -0.2) is 91.1 Å². The fourth-order valence-corrected chi connectivity index (χ4v) is 4.55. The summed E-state index contributed by atoms with van der Waals surface area (Å²) in [5.74, 6) is -2.79. The zero-order valence-electron chi connectivity index (χ0n) is 22.2. The number of hydrogen-bond donors (Lipinski definition) is 8. The number of amides is 3. The molecule has 0 aliphatic carbocycles. The summed E-state index contributed by atoms with van der Waals surface area (Å²) in [6.45, 7) is 1.37. The van der Waals surface area contributed by atoms with Gasteiger partial charge in [0.2, 0.25) is 17.7 Å². The minimum absolute atomic E-state index is 0.0432. The van der Waals surface area contributed by atoms with E-state index < -0.39 is 54.0 Å². The van der Waals surface area contributed by atoms with Gasteiger partial charge in [0.05, 0.1) is 12.4 Å². The molecule has 0 aliphatic rings. The lowest BCUT2D eigenvalue weighted by atomic mass is 10.0. The number of hydrogen-bond acceptors (Lipinski definition) is 8. The summed E-state index contributed by atoms with van der Waals surface area (Å²) >= 11 is 1.46. The molecule has 13 nitrogen and oxygen atoms in total. The predicted octanol–water partition coefficient (Wildman–Crippen LogP) is -0.324. The van der Waals surface area contributed by atoms with Gasteiger partial charge in [-0.2, -0.15) is 11.8 Å². The Morgan fingerprint density at radius 3 is 2.33 bits per heavy atom. The predicted molar refractivity (Wildman–Crippen MR) is 150 cm³/mol. The first-order valence-corrected chi connectivity index (χ1v) is 14.1. The average Bonchev–Trinajstić information content (AvgIpc) is 3.59. The number of fused-ring (bicyclic) bond motifs is 1. The maximum atomic E-state index is 13.5. The second kappa shape index (κ2) is 14.5. The Morgan fingerprint density at radius 2 is 1.68 bits per heavy atom. The molecule has 0 spiro atoms. The molecule has 14 heteroatoms. The summed E-state index contributed by atoms with van der Waals surface area (Å²) in [6.07, 6.45) is 5.55. The molecule has 5 unspecified atom stereocenters. The highest BCUT2D eigenvalue weighted by Crippen LogP contribution is 2.19. The van der Waals surface area contributed by atoms with Gasteiger partial charge in [-0.25, -0.2) is 9.78 Å². The zero-order chi connectivity index (χ0) is 29.2. The molecule has 0 saturated carbocycles. The van der Waals surface area contributed by atoms with Crippen LogP contribution >= 0.6 is 11.8 Å². The van der Waals surface area contributed by atoms with Crippen molar-refractivity contribution in [3.8, 4) is 0 Å². The van der Waals surface area contributed by atoms with Gasteiger partial charge in [0, 0.05) is 41.8 Å². The van der Waals surface area contributed by atoms with Gasteiger partial charge < -0.3 is 41.9 Å². The molecule has 216 valence electrons. The number of nitrogens with two attached hydrogens (primary N) is 1. The van der Waals surface area contributed by atoms with E-state index in [0.29, 0.717) is 11.4 Å². The number of carboxylic acids is 1. The van der Waals surface area contributed by atoms with E-state index in [0.717, 1.165) is 16.5 Å². The smallest absolute Gasteiger partial charge is 0.326 e. The lowest BCUT2D eigenvalue weighted by Gasteiger charge is -2.25. The van der Waals surface area contributed by atoms with Crippen molar-refractivity contribution < 1.29 is 29.4 Å². The lowest BCUT2D eigenvalue weighted by molar-refractivity contribution is -0.142. The Morgan fingerprint density at radius 1 is 1.00 bits per heavy atom. The normalized spacial score (nSPS) is 15.0. The molecule has 0 aliphatic heterocycles. The van der Waals surface area contributed by atoms with Gasteiger partial charge in [-0.3, -0.25) is 14.4 Å². The Kier molecular flexibility index (Phi) is 11.1. The average molecular weight is 574 g/mol. The number of H-pyrrole nitrogens is 2. The molecule has 0 saturated heterocycles. The Bertz CT molecular complexity index is 1300. The monoisotopic (exact) mass is 573 g/mol. The number of nitrogens with one attached hydrogen (secondary N) is 5. The molecule has 1 aromatic carbocycles. The third-order valence-corrected chi connectivity index (χ3v) is 7.04. The van der Waals surface area contributed by atoms with Crippen molar-refractivity contribution >= 4 is 46.4 Å². The van der Waals surface area contributed by atoms with Crippen molar-refractivity contribution in [3.63, 3.8) is 0 Å². The van der Waals surface area contributed by atoms with Crippen LogP contribution in [0.25, 0.3) is 10.9 Å². The SMILES string of the molecule is CSCCC(NC(=O)C(N)C(C)O)C(=O)NC(Cc1c[nH]c2ccccc12)C(=O)NC(Cc1cnc[nH]1)C(=O)O. The summed E-state index contributed by atoms with van der Waals surface area (Å²) in [5, 5.41) is 28.1. The first-order valence-electron chi connectivity index (χ1n) is 12.7. The van der Waals surface area contributed by atoms with Gasteiger partial charge in [-0.1, -0.05) is 18.2 Å².